The first kappa shape index (κ1) is 15.0. The summed E-state index contributed by atoms with van der Waals surface area (Å²) in [5.41, 5.74) is -0.0631. The van der Waals surface area contributed by atoms with E-state index in [1.165, 1.54) is 32.0 Å². The molecule has 1 saturated heterocycles. The summed E-state index contributed by atoms with van der Waals surface area (Å²) >= 11 is 0. The fourth-order valence-corrected chi connectivity index (χ4v) is 3.62. The third-order valence-electron chi connectivity index (χ3n) is 5.02. The van der Waals surface area contributed by atoms with Crippen molar-refractivity contribution in [3.05, 3.63) is 0 Å². The lowest BCUT2D eigenvalue weighted by molar-refractivity contribution is -0.119. The summed E-state index contributed by atoms with van der Waals surface area (Å²) in [4.78, 5) is 14.0. The van der Waals surface area contributed by atoms with Gasteiger partial charge in [0.15, 0.2) is 0 Å². The fraction of sp³-hybridized carbons (Fsp3) is 0.938. The standard InChI is InChI=1S/C16H29NO2/c1-14-3-7-16(13-18,8-4-14)12-17(2)11-15-5-9-19-10-6-15/h13-15H,3-12H2,1-2H3. The minimum atomic E-state index is -0.0631. The molecule has 110 valence electrons. The summed E-state index contributed by atoms with van der Waals surface area (Å²) in [5, 5.41) is 0. The van der Waals surface area contributed by atoms with Gasteiger partial charge in [0.1, 0.15) is 6.29 Å². The van der Waals surface area contributed by atoms with Crippen LogP contribution in [0, 0.1) is 17.3 Å². The van der Waals surface area contributed by atoms with Crippen molar-refractivity contribution in [2.45, 2.75) is 45.4 Å². The van der Waals surface area contributed by atoms with Gasteiger partial charge in [0.2, 0.25) is 0 Å². The maximum Gasteiger partial charge on any atom is 0.127 e. The first-order valence-corrected chi connectivity index (χ1v) is 7.86. The van der Waals surface area contributed by atoms with Gasteiger partial charge >= 0.3 is 0 Å². The Kier molecular flexibility index (Phi) is 5.40. The average Bonchev–Trinajstić information content (AvgIpc) is 2.43. The van der Waals surface area contributed by atoms with Crippen LogP contribution in [0.2, 0.25) is 0 Å². The lowest BCUT2D eigenvalue weighted by Gasteiger charge is -2.39. The Bertz CT molecular complexity index is 278. The van der Waals surface area contributed by atoms with Gasteiger partial charge < -0.3 is 14.4 Å². The molecule has 2 aliphatic rings. The zero-order valence-electron chi connectivity index (χ0n) is 12.6. The van der Waals surface area contributed by atoms with Crippen molar-refractivity contribution in [2.75, 3.05) is 33.4 Å². The predicted octanol–water partition coefficient (Wildman–Crippen LogP) is 2.74. The lowest BCUT2D eigenvalue weighted by Crippen LogP contribution is -2.41. The second kappa shape index (κ2) is 6.85. The molecule has 1 aliphatic carbocycles. The summed E-state index contributed by atoms with van der Waals surface area (Å²) in [6.45, 7) is 6.19. The Labute approximate surface area is 117 Å². The van der Waals surface area contributed by atoms with Gasteiger partial charge in [0.05, 0.1) is 0 Å². The highest BCUT2D eigenvalue weighted by Crippen LogP contribution is 2.38. The number of nitrogens with zero attached hydrogens (tertiary/aromatic N) is 1. The Hall–Kier alpha value is -0.410. The Morgan fingerprint density at radius 3 is 2.42 bits per heavy atom. The van der Waals surface area contributed by atoms with E-state index >= 15 is 0 Å². The molecule has 1 saturated carbocycles. The molecule has 2 rings (SSSR count). The Morgan fingerprint density at radius 1 is 1.21 bits per heavy atom. The Morgan fingerprint density at radius 2 is 1.84 bits per heavy atom. The predicted molar refractivity (Wildman–Crippen MR) is 77.2 cm³/mol. The number of aldehydes is 1. The van der Waals surface area contributed by atoms with E-state index in [1.807, 2.05) is 0 Å². The molecule has 0 amide bonds. The summed E-state index contributed by atoms with van der Waals surface area (Å²) in [7, 11) is 2.18. The minimum Gasteiger partial charge on any atom is -0.381 e. The highest BCUT2D eigenvalue weighted by atomic mass is 16.5. The largest absolute Gasteiger partial charge is 0.381 e. The maximum absolute atomic E-state index is 11.6. The highest BCUT2D eigenvalue weighted by Gasteiger charge is 2.35. The zero-order chi connectivity index (χ0) is 13.7. The monoisotopic (exact) mass is 267 g/mol. The van der Waals surface area contributed by atoms with Crippen molar-refractivity contribution < 1.29 is 9.53 Å². The molecule has 0 radical (unpaired) electrons. The van der Waals surface area contributed by atoms with E-state index in [4.69, 9.17) is 4.74 Å². The van der Waals surface area contributed by atoms with Crippen molar-refractivity contribution in [1.29, 1.82) is 0 Å². The minimum absolute atomic E-state index is 0.0631. The number of carbonyl (C=O) groups excluding carboxylic acids is 1. The van der Waals surface area contributed by atoms with Crippen LogP contribution >= 0.6 is 0 Å². The smallest absolute Gasteiger partial charge is 0.127 e. The SMILES string of the molecule is CC1CCC(C=O)(CN(C)CC2CCOCC2)CC1. The van der Waals surface area contributed by atoms with E-state index in [0.717, 1.165) is 51.0 Å². The number of rotatable bonds is 5. The van der Waals surface area contributed by atoms with Gasteiger partial charge in [-0.1, -0.05) is 6.92 Å². The molecule has 2 fully saturated rings. The topological polar surface area (TPSA) is 29.5 Å². The van der Waals surface area contributed by atoms with E-state index in [-0.39, 0.29) is 5.41 Å². The Balaban J connectivity index is 1.81. The van der Waals surface area contributed by atoms with Crippen LogP contribution in [0.4, 0.5) is 0 Å². The number of hydrogen-bond donors (Lipinski definition) is 0. The van der Waals surface area contributed by atoms with Crippen LogP contribution in [0.5, 0.6) is 0 Å². The molecule has 3 heteroatoms. The van der Waals surface area contributed by atoms with E-state index in [9.17, 15) is 4.79 Å². The van der Waals surface area contributed by atoms with Gasteiger partial charge in [-0.05, 0) is 57.4 Å². The van der Waals surface area contributed by atoms with E-state index in [2.05, 4.69) is 18.9 Å². The first-order valence-electron chi connectivity index (χ1n) is 7.86. The molecule has 1 aliphatic heterocycles. The van der Waals surface area contributed by atoms with Gasteiger partial charge in [-0.2, -0.15) is 0 Å². The quantitative estimate of drug-likeness (QED) is 0.717. The van der Waals surface area contributed by atoms with Crippen molar-refractivity contribution in [3.8, 4) is 0 Å². The van der Waals surface area contributed by atoms with E-state index < -0.39 is 0 Å². The summed E-state index contributed by atoms with van der Waals surface area (Å²) in [6, 6.07) is 0. The first-order chi connectivity index (χ1) is 9.13. The summed E-state index contributed by atoms with van der Waals surface area (Å²) in [6.07, 6.45) is 8.18. The van der Waals surface area contributed by atoms with E-state index in [1.54, 1.807) is 0 Å². The molecule has 0 spiro atoms. The van der Waals surface area contributed by atoms with Crippen molar-refractivity contribution >= 4 is 6.29 Å². The second-order valence-corrected chi connectivity index (χ2v) is 6.92. The maximum atomic E-state index is 11.6. The van der Waals surface area contributed by atoms with Gasteiger partial charge in [-0.3, -0.25) is 0 Å². The van der Waals surface area contributed by atoms with Gasteiger partial charge in [0.25, 0.3) is 0 Å². The van der Waals surface area contributed by atoms with Crippen LogP contribution in [0.25, 0.3) is 0 Å². The molecule has 0 aromatic rings. The van der Waals surface area contributed by atoms with Crippen LogP contribution < -0.4 is 0 Å². The van der Waals surface area contributed by atoms with Crippen molar-refractivity contribution in [3.63, 3.8) is 0 Å². The summed E-state index contributed by atoms with van der Waals surface area (Å²) < 4.78 is 5.41. The van der Waals surface area contributed by atoms with Crippen LogP contribution in [0.3, 0.4) is 0 Å². The number of hydrogen-bond acceptors (Lipinski definition) is 3. The fourth-order valence-electron chi connectivity index (χ4n) is 3.62. The van der Waals surface area contributed by atoms with Crippen LogP contribution in [0.1, 0.15) is 45.4 Å². The van der Waals surface area contributed by atoms with Gasteiger partial charge in [0, 0.05) is 31.7 Å². The zero-order valence-corrected chi connectivity index (χ0v) is 12.6. The molecule has 0 aromatic heterocycles. The molecule has 3 nitrogen and oxygen atoms in total. The third kappa shape index (κ3) is 4.28. The van der Waals surface area contributed by atoms with Crippen LogP contribution in [-0.4, -0.2) is 44.5 Å². The average molecular weight is 267 g/mol. The van der Waals surface area contributed by atoms with Crippen LogP contribution in [-0.2, 0) is 9.53 Å². The molecule has 0 bridgehead atoms. The molecular weight excluding hydrogens is 238 g/mol. The number of carbonyl (C=O) groups is 1. The molecule has 19 heavy (non-hydrogen) atoms. The second-order valence-electron chi connectivity index (χ2n) is 6.92. The number of ether oxygens (including phenoxy) is 1. The van der Waals surface area contributed by atoms with Crippen molar-refractivity contribution in [2.24, 2.45) is 17.3 Å². The molecular formula is C16H29NO2. The van der Waals surface area contributed by atoms with Gasteiger partial charge in [-0.25, -0.2) is 0 Å². The highest BCUT2D eigenvalue weighted by molar-refractivity contribution is 5.60. The summed E-state index contributed by atoms with van der Waals surface area (Å²) in [5.74, 6) is 1.55. The van der Waals surface area contributed by atoms with Crippen molar-refractivity contribution in [1.82, 2.24) is 4.90 Å². The third-order valence-corrected chi connectivity index (χ3v) is 5.02. The van der Waals surface area contributed by atoms with Crippen LogP contribution in [0.15, 0.2) is 0 Å². The molecule has 0 aromatic carbocycles. The normalized spacial score (nSPS) is 33.5. The van der Waals surface area contributed by atoms with Gasteiger partial charge in [-0.15, -0.1) is 0 Å². The van der Waals surface area contributed by atoms with E-state index in [0.29, 0.717) is 0 Å². The molecule has 1 heterocycles. The molecule has 0 N–H and O–H groups in total. The lowest BCUT2D eigenvalue weighted by atomic mass is 9.71. The molecule has 0 atom stereocenters. The molecule has 0 unspecified atom stereocenters.